The normalized spacial score (nSPS) is 12.3. The van der Waals surface area contributed by atoms with Crippen LogP contribution in [0.25, 0.3) is 10.2 Å². The van der Waals surface area contributed by atoms with Crippen LogP contribution in [0, 0.1) is 6.92 Å². The Labute approximate surface area is 162 Å². The number of nitrogens with zero attached hydrogens (tertiary/aromatic N) is 1. The molecule has 0 fully saturated rings. The third-order valence-electron chi connectivity index (χ3n) is 4.42. The van der Waals surface area contributed by atoms with E-state index in [1.165, 1.54) is 11.3 Å². The predicted octanol–water partition coefficient (Wildman–Crippen LogP) is 4.75. The van der Waals surface area contributed by atoms with Gasteiger partial charge in [0, 0.05) is 11.7 Å². The number of anilines is 1. The highest BCUT2D eigenvalue weighted by Crippen LogP contribution is 2.25. The van der Waals surface area contributed by atoms with Gasteiger partial charge in [0.1, 0.15) is 5.75 Å². The zero-order chi connectivity index (χ0) is 19.6. The molecule has 0 aliphatic carbocycles. The van der Waals surface area contributed by atoms with Gasteiger partial charge in [-0.3, -0.25) is 14.2 Å². The van der Waals surface area contributed by atoms with Gasteiger partial charge in [-0.25, -0.2) is 0 Å². The molecule has 6 heteroatoms. The van der Waals surface area contributed by atoms with Crippen LogP contribution in [-0.2, 0) is 4.79 Å². The van der Waals surface area contributed by atoms with Crippen LogP contribution in [0.15, 0.2) is 47.3 Å². The number of fused-ring (bicyclic) bond motifs is 1. The predicted molar refractivity (Wildman–Crippen MR) is 111 cm³/mol. The fourth-order valence-electron chi connectivity index (χ4n) is 2.99. The van der Waals surface area contributed by atoms with Crippen molar-refractivity contribution in [2.24, 2.45) is 0 Å². The van der Waals surface area contributed by atoms with E-state index >= 15 is 0 Å². The lowest BCUT2D eigenvalue weighted by Crippen LogP contribution is -2.32. The van der Waals surface area contributed by atoms with Crippen molar-refractivity contribution in [1.29, 1.82) is 0 Å². The fraction of sp³-hybridized carbons (Fsp3) is 0.333. The molecule has 1 heterocycles. The third kappa shape index (κ3) is 4.06. The SMILES string of the molecule is CC[C@H](Oc1ccccc1C)C(=O)Nc1ccc2c(c1)sc(=O)n2C(C)C. The van der Waals surface area contributed by atoms with E-state index in [1.807, 2.05) is 70.2 Å². The Morgan fingerprint density at radius 1 is 1.22 bits per heavy atom. The van der Waals surface area contributed by atoms with Crippen LogP contribution >= 0.6 is 11.3 Å². The summed E-state index contributed by atoms with van der Waals surface area (Å²) >= 11 is 1.19. The standard InChI is InChI=1S/C21H24N2O3S/c1-5-17(26-18-9-7-6-8-14(18)4)20(24)22-15-10-11-16-19(12-15)27-21(25)23(16)13(2)3/h6-13,17H,5H2,1-4H3,(H,22,24)/t17-/m0/s1. The Morgan fingerprint density at radius 2 is 1.96 bits per heavy atom. The first-order chi connectivity index (χ1) is 12.9. The summed E-state index contributed by atoms with van der Waals surface area (Å²) in [6.45, 7) is 7.84. The molecule has 0 spiro atoms. The highest BCUT2D eigenvalue weighted by molar-refractivity contribution is 7.16. The lowest BCUT2D eigenvalue weighted by atomic mass is 10.2. The summed E-state index contributed by atoms with van der Waals surface area (Å²) in [6, 6.07) is 13.3. The van der Waals surface area contributed by atoms with Crippen LogP contribution in [-0.4, -0.2) is 16.6 Å². The molecule has 0 bridgehead atoms. The van der Waals surface area contributed by atoms with E-state index in [0.29, 0.717) is 17.9 Å². The summed E-state index contributed by atoms with van der Waals surface area (Å²) in [4.78, 5) is 24.9. The van der Waals surface area contributed by atoms with Crippen LogP contribution in [0.5, 0.6) is 5.75 Å². The topological polar surface area (TPSA) is 60.3 Å². The van der Waals surface area contributed by atoms with Crippen LogP contribution in [0.1, 0.15) is 38.8 Å². The third-order valence-corrected chi connectivity index (χ3v) is 5.34. The van der Waals surface area contributed by atoms with Gasteiger partial charge in [0.15, 0.2) is 6.10 Å². The molecule has 0 unspecified atom stereocenters. The molecular formula is C21H24N2O3S. The first-order valence-corrected chi connectivity index (χ1v) is 9.90. The number of ether oxygens (including phenoxy) is 1. The van der Waals surface area contributed by atoms with Gasteiger partial charge in [-0.05, 0) is 57.0 Å². The van der Waals surface area contributed by atoms with E-state index in [4.69, 9.17) is 4.74 Å². The molecule has 0 saturated heterocycles. The van der Waals surface area contributed by atoms with Gasteiger partial charge in [-0.2, -0.15) is 0 Å². The lowest BCUT2D eigenvalue weighted by molar-refractivity contribution is -0.122. The van der Waals surface area contributed by atoms with Gasteiger partial charge in [-0.15, -0.1) is 0 Å². The maximum Gasteiger partial charge on any atom is 0.308 e. The second-order valence-electron chi connectivity index (χ2n) is 6.78. The molecule has 27 heavy (non-hydrogen) atoms. The molecule has 1 N–H and O–H groups in total. The first-order valence-electron chi connectivity index (χ1n) is 9.09. The number of rotatable bonds is 6. The van der Waals surface area contributed by atoms with E-state index in [2.05, 4.69) is 5.32 Å². The number of carbonyl (C=O) groups excluding carboxylic acids is 1. The van der Waals surface area contributed by atoms with E-state index in [1.54, 1.807) is 4.57 Å². The van der Waals surface area contributed by atoms with Gasteiger partial charge in [-0.1, -0.05) is 36.5 Å². The van der Waals surface area contributed by atoms with Gasteiger partial charge in [0.25, 0.3) is 5.91 Å². The largest absolute Gasteiger partial charge is 0.480 e. The van der Waals surface area contributed by atoms with Crippen molar-refractivity contribution in [3.8, 4) is 5.75 Å². The number of thiazole rings is 1. The van der Waals surface area contributed by atoms with Gasteiger partial charge in [0.2, 0.25) is 0 Å². The van der Waals surface area contributed by atoms with Gasteiger partial charge in [0.05, 0.1) is 10.2 Å². The summed E-state index contributed by atoms with van der Waals surface area (Å²) in [7, 11) is 0. The van der Waals surface area contributed by atoms with Crippen LogP contribution in [0.2, 0.25) is 0 Å². The van der Waals surface area contributed by atoms with Gasteiger partial charge >= 0.3 is 4.87 Å². The molecule has 142 valence electrons. The monoisotopic (exact) mass is 384 g/mol. The summed E-state index contributed by atoms with van der Waals surface area (Å²) in [6.07, 6.45) is -0.0276. The average molecular weight is 385 g/mol. The van der Waals surface area contributed by atoms with Crippen molar-refractivity contribution in [3.05, 3.63) is 57.7 Å². The van der Waals surface area contributed by atoms with E-state index in [9.17, 15) is 9.59 Å². The van der Waals surface area contributed by atoms with Crippen molar-refractivity contribution < 1.29 is 9.53 Å². The molecule has 5 nitrogen and oxygen atoms in total. The summed E-state index contributed by atoms with van der Waals surface area (Å²) in [5, 5.41) is 2.91. The molecule has 0 radical (unpaired) electrons. The Morgan fingerprint density at radius 3 is 2.63 bits per heavy atom. The molecule has 3 aromatic rings. The lowest BCUT2D eigenvalue weighted by Gasteiger charge is -2.18. The Bertz CT molecular complexity index is 1020. The van der Waals surface area contributed by atoms with Gasteiger partial charge < -0.3 is 10.1 Å². The quantitative estimate of drug-likeness (QED) is 0.667. The van der Waals surface area contributed by atoms with Crippen molar-refractivity contribution in [3.63, 3.8) is 0 Å². The van der Waals surface area contributed by atoms with Crippen LogP contribution in [0.3, 0.4) is 0 Å². The second kappa shape index (κ2) is 7.96. The average Bonchev–Trinajstić information content (AvgIpc) is 2.96. The van der Waals surface area contributed by atoms with Crippen molar-refractivity contribution in [2.75, 3.05) is 5.32 Å². The number of carbonyl (C=O) groups is 1. The zero-order valence-electron chi connectivity index (χ0n) is 16.0. The number of amides is 1. The fourth-order valence-corrected chi connectivity index (χ4v) is 4.04. The number of aryl methyl sites for hydroxylation is 1. The zero-order valence-corrected chi connectivity index (χ0v) is 16.8. The Balaban J connectivity index is 1.80. The van der Waals surface area contributed by atoms with E-state index < -0.39 is 6.10 Å². The summed E-state index contributed by atoms with van der Waals surface area (Å²) in [5.74, 6) is 0.512. The number of benzene rings is 2. The van der Waals surface area contributed by atoms with E-state index in [-0.39, 0.29) is 16.8 Å². The first kappa shape index (κ1) is 19.2. The molecule has 1 atom stereocenters. The molecule has 0 aliphatic rings. The number of hydrogen-bond donors (Lipinski definition) is 1. The molecular weight excluding hydrogens is 360 g/mol. The molecule has 0 aliphatic heterocycles. The second-order valence-corrected chi connectivity index (χ2v) is 7.78. The molecule has 1 amide bonds. The van der Waals surface area contributed by atoms with E-state index in [0.717, 1.165) is 15.8 Å². The van der Waals surface area contributed by atoms with Crippen molar-refractivity contribution in [2.45, 2.75) is 46.3 Å². The molecule has 3 rings (SSSR count). The maximum atomic E-state index is 12.7. The number of hydrogen-bond acceptors (Lipinski definition) is 4. The van der Waals surface area contributed by atoms with Crippen molar-refractivity contribution >= 4 is 33.1 Å². The molecule has 0 saturated carbocycles. The van der Waals surface area contributed by atoms with Crippen LogP contribution < -0.4 is 14.9 Å². The number of nitrogens with one attached hydrogen (secondary N) is 1. The summed E-state index contributed by atoms with van der Waals surface area (Å²) < 4.78 is 8.53. The Hall–Kier alpha value is -2.60. The minimum absolute atomic E-state index is 0.0118. The van der Waals surface area contributed by atoms with Crippen molar-refractivity contribution in [1.82, 2.24) is 4.57 Å². The summed E-state index contributed by atoms with van der Waals surface area (Å²) in [5.41, 5.74) is 2.54. The minimum Gasteiger partial charge on any atom is -0.480 e. The highest BCUT2D eigenvalue weighted by Gasteiger charge is 2.20. The maximum absolute atomic E-state index is 12.7. The highest BCUT2D eigenvalue weighted by atomic mass is 32.1. The Kier molecular flexibility index (Phi) is 5.65. The number of para-hydroxylation sites is 1. The minimum atomic E-state index is -0.583. The smallest absolute Gasteiger partial charge is 0.308 e. The van der Waals surface area contributed by atoms with Crippen LogP contribution in [0.4, 0.5) is 5.69 Å². The number of aromatic nitrogens is 1. The molecule has 1 aromatic heterocycles. The molecule has 2 aromatic carbocycles.